The van der Waals surface area contributed by atoms with E-state index in [1.54, 1.807) is 0 Å². The van der Waals surface area contributed by atoms with E-state index in [1.807, 2.05) is 0 Å². The molecule has 0 spiro atoms. The summed E-state index contributed by atoms with van der Waals surface area (Å²) in [7, 11) is -5.51. The summed E-state index contributed by atoms with van der Waals surface area (Å²) in [4.78, 5) is 75.6. The summed E-state index contributed by atoms with van der Waals surface area (Å²) in [5.74, 6) is -14.7. The summed E-state index contributed by atoms with van der Waals surface area (Å²) in [5, 5.41) is 227. The number of ether oxygens (including phenoxy) is 10. The number of aliphatic hydroxyl groups excluding tert-OH is 18. The Kier molecular flexibility index (Phi) is 29.6. The second-order valence-corrected chi connectivity index (χ2v) is 24.0. The van der Waals surface area contributed by atoms with E-state index in [2.05, 4.69) is 25.5 Å². The summed E-state index contributed by atoms with van der Waals surface area (Å²) in [5.41, 5.74) is 0. The van der Waals surface area contributed by atoms with Gasteiger partial charge in [0.05, 0.1) is 76.6 Å². The largest absolute Gasteiger partial charge is 0.477 e. The number of hydrogen-bond acceptors (Lipinski definition) is 37. The maximum absolute atomic E-state index is 13.1. The fourth-order valence-corrected chi connectivity index (χ4v) is 11.5. The molecule has 95 heavy (non-hydrogen) atoms. The zero-order valence-corrected chi connectivity index (χ0v) is 51.5. The van der Waals surface area contributed by atoms with Gasteiger partial charge in [0.2, 0.25) is 23.6 Å². The number of aliphatic carboxylic acids is 2. The lowest BCUT2D eigenvalue weighted by Gasteiger charge is -2.51. The number of carboxylic acid groups (broad SMARTS) is 2. The molecule has 5 aliphatic heterocycles. The van der Waals surface area contributed by atoms with Gasteiger partial charge in [0.25, 0.3) is 11.6 Å². The fourth-order valence-electron chi connectivity index (χ4n) is 11.2. The van der Waals surface area contributed by atoms with Gasteiger partial charge in [0.15, 0.2) is 18.9 Å². The van der Waals surface area contributed by atoms with Crippen molar-refractivity contribution in [3.63, 3.8) is 0 Å². The second-order valence-electron chi connectivity index (χ2n) is 22.9. The van der Waals surface area contributed by atoms with Gasteiger partial charge in [-0.3, -0.25) is 23.7 Å². The number of carbonyl (C=O) groups excluding carboxylic acids is 4. The minimum absolute atomic E-state index is 0.850. The van der Waals surface area contributed by atoms with Crippen LogP contribution in [0.3, 0.4) is 0 Å². The molecule has 0 aromatic heterocycles. The molecule has 25 N–H and O–H groups in total. The zero-order valence-electron chi connectivity index (χ0n) is 50.7. The molecule has 44 nitrogen and oxygen atoms in total. The van der Waals surface area contributed by atoms with Crippen molar-refractivity contribution in [1.29, 1.82) is 0 Å². The Morgan fingerprint density at radius 3 is 1.35 bits per heavy atom. The topological polar surface area (TPSA) is 711 Å². The highest BCUT2D eigenvalue weighted by Gasteiger charge is 2.63. The molecule has 5 fully saturated rings. The van der Waals surface area contributed by atoms with Crippen LogP contribution in [-0.2, 0) is 90.7 Å². The van der Waals surface area contributed by atoms with Gasteiger partial charge in [0, 0.05) is 40.5 Å². The molecule has 0 aromatic rings. The number of aliphatic hydroxyl groups is 18. The number of carbonyl (C=O) groups is 6. The SMILES string of the molecule is CC(=O)N[C@H]1[C@H](OC[C@@H](O)[C@H](O)[C@H](O[C@@H]2O[C@H](CO)[C@H](O)[C@H](O[C@]3(C(=O)O)C[C@H](O)[C@@H](NC(C)=O)[C@H]([C@H](O)[C@H](O)CO)O3)[C@H]2O)[C@H](CO)NC(C)=O)O[C@H](COS(=O)(=O)O)[C@@H](O[C@@H]2O[C@H](CO)[C@H](O)[C@H](O[C@]3(C(=O)O)C[C@H](O)[C@@H](NC(C)=O)[C@H]([C@H](O)[C@H](O)CO)O3)[C@H]2O)[C@@H]1O. The average Bonchev–Trinajstić information content (AvgIpc) is 0.762. The molecular formula is C50H84N4O40S. The van der Waals surface area contributed by atoms with Crippen molar-refractivity contribution in [2.24, 2.45) is 0 Å². The summed E-state index contributed by atoms with van der Waals surface area (Å²) in [6, 6.07) is -7.45. The highest BCUT2D eigenvalue weighted by molar-refractivity contribution is 7.80. The van der Waals surface area contributed by atoms with Gasteiger partial charge in [-0.2, -0.15) is 8.42 Å². The first-order valence-electron chi connectivity index (χ1n) is 28.9. The second kappa shape index (κ2) is 34.6. The lowest BCUT2D eigenvalue weighted by Crippen LogP contribution is -2.71. The molecule has 31 atom stereocenters. The van der Waals surface area contributed by atoms with E-state index in [-0.39, 0.29) is 0 Å². The summed E-state index contributed by atoms with van der Waals surface area (Å²) in [6.45, 7) is -5.27. The Labute approximate surface area is 537 Å². The molecule has 5 aliphatic rings. The van der Waals surface area contributed by atoms with Gasteiger partial charge >= 0.3 is 22.3 Å². The van der Waals surface area contributed by atoms with Crippen molar-refractivity contribution in [2.75, 3.05) is 46.2 Å². The Bertz CT molecular complexity index is 2660. The predicted molar refractivity (Wildman–Crippen MR) is 293 cm³/mol. The van der Waals surface area contributed by atoms with Crippen LogP contribution in [0, 0.1) is 0 Å². The van der Waals surface area contributed by atoms with Crippen molar-refractivity contribution < 1.29 is 195 Å². The number of hydrogen-bond donors (Lipinski definition) is 25. The van der Waals surface area contributed by atoms with Gasteiger partial charge in [-0.05, 0) is 0 Å². The van der Waals surface area contributed by atoms with Crippen LogP contribution in [0.1, 0.15) is 40.5 Å². The smallest absolute Gasteiger partial charge is 0.397 e. The summed E-state index contributed by atoms with van der Waals surface area (Å²) >= 11 is 0. The number of amides is 4. The zero-order chi connectivity index (χ0) is 71.7. The van der Waals surface area contributed by atoms with Crippen molar-refractivity contribution >= 4 is 46.0 Å². The van der Waals surface area contributed by atoms with Crippen LogP contribution in [0.25, 0.3) is 0 Å². The van der Waals surface area contributed by atoms with Crippen LogP contribution in [0.2, 0.25) is 0 Å². The third-order valence-electron chi connectivity index (χ3n) is 15.8. The van der Waals surface area contributed by atoms with Crippen LogP contribution < -0.4 is 21.3 Å². The van der Waals surface area contributed by atoms with Gasteiger partial charge in [-0.1, -0.05) is 0 Å². The van der Waals surface area contributed by atoms with Crippen LogP contribution in [0.5, 0.6) is 0 Å². The maximum atomic E-state index is 13.1. The lowest BCUT2D eigenvalue weighted by atomic mass is 9.88. The minimum atomic E-state index is -5.51. The van der Waals surface area contributed by atoms with Crippen LogP contribution in [-0.4, -0.2) is 386 Å². The normalized spacial score (nSPS) is 38.8. The molecular weight excluding hydrogens is 1330 g/mol. The Morgan fingerprint density at radius 1 is 0.537 bits per heavy atom. The van der Waals surface area contributed by atoms with Crippen LogP contribution in [0.4, 0.5) is 0 Å². The number of nitrogens with one attached hydrogen (secondary N) is 4. The predicted octanol–water partition coefficient (Wildman–Crippen LogP) is -15.7. The summed E-state index contributed by atoms with van der Waals surface area (Å²) < 4.78 is 94.7. The van der Waals surface area contributed by atoms with Gasteiger partial charge < -0.3 is 171 Å². The van der Waals surface area contributed by atoms with Crippen molar-refractivity contribution in [3.8, 4) is 0 Å². The Hall–Kier alpha value is -4.43. The van der Waals surface area contributed by atoms with Gasteiger partial charge in [0.1, 0.15) is 128 Å². The molecule has 0 radical (unpaired) electrons. The highest BCUT2D eigenvalue weighted by atomic mass is 32.3. The Balaban J connectivity index is 1.45. The van der Waals surface area contributed by atoms with E-state index in [1.165, 1.54) is 0 Å². The third kappa shape index (κ3) is 19.7. The monoisotopic (exact) mass is 1410 g/mol. The van der Waals surface area contributed by atoms with Crippen LogP contribution >= 0.6 is 0 Å². The molecule has 0 aliphatic carbocycles. The standard InChI is InChI=1S/C50H84N4O40S/c1-14(60)51-18(7-55)38(89-45-36(75)42(33(72)24(10-58)86-45)93-49(47(77)78)5-19(64)27(52-15(2)61)40(91-49)30(69)21(66)8-56)32(71)23(68)12-84-44-29(54-17(4)63)35(74)39(26(88-44)13-85-95(81,82)83)90-46-37(76)43(34(73)25(11-59)87-46)94-50(48(79)80)6-20(65)28(53-16(3)62)41(92-50)31(70)22(67)9-57/h18-46,55-59,64-76H,5-13H2,1-4H3,(H,51,60)(H,52,61)(H,53,62)(H,54,63)(H,77,78)(H,79,80)(H,81,82,83)/t18-,19-,20-,21+,22+,23+,24+,25+,26+,27+,28+,29+,30+,31+,32-,33-,34-,35+,36+,37+,38+,39+,40+,41+,42-,43-,44+,45-,46-,49-,50-/m0/s1. The molecule has 4 amide bonds. The van der Waals surface area contributed by atoms with Gasteiger partial charge in [-0.15, -0.1) is 0 Å². The highest BCUT2D eigenvalue weighted by Crippen LogP contribution is 2.41. The van der Waals surface area contributed by atoms with Crippen LogP contribution in [0.15, 0.2) is 0 Å². The van der Waals surface area contributed by atoms with Crippen molar-refractivity contribution in [2.45, 2.75) is 229 Å². The molecule has 5 rings (SSSR count). The maximum Gasteiger partial charge on any atom is 0.397 e. The molecule has 550 valence electrons. The molecule has 45 heteroatoms. The molecule has 5 heterocycles. The average molecular weight is 1410 g/mol. The molecule has 0 bridgehead atoms. The molecule has 0 aromatic carbocycles. The fraction of sp³-hybridized carbons (Fsp3) is 0.880. The van der Waals surface area contributed by atoms with E-state index < -0.39 is 294 Å². The number of carboxylic acids is 2. The molecule has 5 saturated heterocycles. The third-order valence-corrected chi connectivity index (χ3v) is 16.3. The Morgan fingerprint density at radius 2 is 0.958 bits per heavy atom. The first-order chi connectivity index (χ1) is 44.3. The first-order valence-corrected chi connectivity index (χ1v) is 30.3. The lowest BCUT2D eigenvalue weighted by molar-refractivity contribution is -0.383. The number of rotatable bonds is 32. The van der Waals surface area contributed by atoms with E-state index in [0.29, 0.717) is 0 Å². The molecule has 0 saturated carbocycles. The summed E-state index contributed by atoms with van der Waals surface area (Å²) in [6.07, 6.45) is -60.0. The van der Waals surface area contributed by atoms with E-state index >= 15 is 0 Å². The van der Waals surface area contributed by atoms with E-state index in [4.69, 9.17) is 47.4 Å². The van der Waals surface area contributed by atoms with E-state index in [9.17, 15) is 144 Å². The first kappa shape index (κ1) is 81.2. The van der Waals surface area contributed by atoms with Crippen molar-refractivity contribution in [3.05, 3.63) is 0 Å². The van der Waals surface area contributed by atoms with Crippen molar-refractivity contribution in [1.82, 2.24) is 21.3 Å². The minimum Gasteiger partial charge on any atom is -0.477 e. The van der Waals surface area contributed by atoms with Gasteiger partial charge in [-0.25, -0.2) is 13.8 Å². The molecule has 0 unspecified atom stereocenters. The quantitative estimate of drug-likeness (QED) is 0.0278. The van der Waals surface area contributed by atoms with E-state index in [0.717, 1.165) is 27.7 Å².